The highest BCUT2D eigenvalue weighted by Crippen LogP contribution is 2.17. The van der Waals surface area contributed by atoms with Gasteiger partial charge in [-0.1, -0.05) is 316 Å². The van der Waals surface area contributed by atoms with Gasteiger partial charge in [-0.2, -0.15) is 0 Å². The van der Waals surface area contributed by atoms with Gasteiger partial charge in [-0.05, 0) is 103 Å². The van der Waals surface area contributed by atoms with Gasteiger partial charge in [-0.3, -0.25) is 14.4 Å². The molecular weight excluding hydrogens is 997 g/mol. The van der Waals surface area contributed by atoms with Crippen molar-refractivity contribution >= 4 is 17.9 Å². The molecule has 0 fully saturated rings. The van der Waals surface area contributed by atoms with Crippen LogP contribution in [-0.4, -0.2) is 37.2 Å². The molecule has 1 unspecified atom stereocenters. The van der Waals surface area contributed by atoms with E-state index in [0.717, 1.165) is 116 Å². The number of carbonyl (C=O) groups excluding carboxylic acids is 3. The van der Waals surface area contributed by atoms with Gasteiger partial charge in [0.05, 0.1) is 0 Å². The summed E-state index contributed by atoms with van der Waals surface area (Å²) in [7, 11) is 0. The topological polar surface area (TPSA) is 78.9 Å². The van der Waals surface area contributed by atoms with E-state index in [-0.39, 0.29) is 31.1 Å². The normalized spacial score (nSPS) is 12.8. The second kappa shape index (κ2) is 68.6. The van der Waals surface area contributed by atoms with Gasteiger partial charge >= 0.3 is 17.9 Å². The van der Waals surface area contributed by atoms with E-state index >= 15 is 0 Å². The highest BCUT2D eigenvalue weighted by atomic mass is 16.6. The van der Waals surface area contributed by atoms with E-state index in [1.165, 1.54) is 173 Å². The molecule has 0 aliphatic carbocycles. The van der Waals surface area contributed by atoms with Crippen molar-refractivity contribution in [1.82, 2.24) is 0 Å². The Hall–Kier alpha value is -3.93. The first-order valence-electron chi connectivity index (χ1n) is 34.4. The quantitative estimate of drug-likeness (QED) is 0.0261. The van der Waals surface area contributed by atoms with Crippen molar-refractivity contribution in [1.29, 1.82) is 0 Å². The third kappa shape index (κ3) is 66.8. The van der Waals surface area contributed by atoms with Gasteiger partial charge in [-0.25, -0.2) is 0 Å². The summed E-state index contributed by atoms with van der Waals surface area (Å²) in [6.45, 7) is 6.44. The van der Waals surface area contributed by atoms with E-state index < -0.39 is 6.10 Å². The smallest absolute Gasteiger partial charge is 0.306 e. The van der Waals surface area contributed by atoms with Crippen LogP contribution in [0.3, 0.4) is 0 Å². The molecule has 0 aliphatic rings. The van der Waals surface area contributed by atoms with Crippen molar-refractivity contribution < 1.29 is 28.6 Å². The Balaban J connectivity index is 4.23. The Morgan fingerprint density at radius 3 is 0.753 bits per heavy atom. The molecule has 0 aromatic carbocycles. The number of carbonyl (C=O) groups is 3. The zero-order chi connectivity index (χ0) is 58.5. The Morgan fingerprint density at radius 2 is 0.481 bits per heavy atom. The van der Waals surface area contributed by atoms with Crippen LogP contribution in [0.15, 0.2) is 109 Å². The monoisotopic (exact) mass is 1120 g/mol. The summed E-state index contributed by atoms with van der Waals surface area (Å²) in [6.07, 6.45) is 94.0. The number of rotatable bonds is 62. The first-order valence-corrected chi connectivity index (χ1v) is 34.4. The molecule has 0 bridgehead atoms. The number of unbranched alkanes of at least 4 members (excludes halogenated alkanes) is 33. The van der Waals surface area contributed by atoms with Crippen LogP contribution in [0.5, 0.6) is 0 Å². The average molecular weight is 1130 g/mol. The molecule has 6 nitrogen and oxygen atoms in total. The zero-order valence-electron chi connectivity index (χ0n) is 53.3. The van der Waals surface area contributed by atoms with Crippen LogP contribution in [0.25, 0.3) is 0 Å². The molecule has 0 rings (SSSR count). The molecule has 0 spiro atoms. The van der Waals surface area contributed by atoms with Crippen molar-refractivity contribution in [2.45, 2.75) is 335 Å². The van der Waals surface area contributed by atoms with Crippen LogP contribution in [0.4, 0.5) is 0 Å². The number of esters is 3. The summed E-state index contributed by atoms with van der Waals surface area (Å²) < 4.78 is 17.0. The standard InChI is InChI=1S/C75H128O6/c1-4-7-10-13-16-19-22-24-26-28-30-32-34-35-36-37-38-39-41-42-44-46-48-50-53-56-59-62-65-68-74(77)80-71-72(70-79-73(76)67-64-61-58-55-52-21-18-15-12-9-6-3)81-75(78)69-66-63-60-57-54-51-49-47-45-43-40-33-31-29-27-25-23-20-17-14-11-8-5-2/h7-8,10-11,16-17,19-20,24-27,30-33,35-36,72H,4-6,9,12-15,18,21-23,28-29,34,37-71H2,1-3H3/b10-7-,11-8-,19-16-,20-17-,26-24-,27-25-,32-30-,33-31-,36-35-. The zero-order valence-corrected chi connectivity index (χ0v) is 53.3. The summed E-state index contributed by atoms with van der Waals surface area (Å²) in [4.78, 5) is 38.4. The van der Waals surface area contributed by atoms with Gasteiger partial charge in [0, 0.05) is 19.3 Å². The SMILES string of the molecule is CC/C=C\C/C=C\C/C=C\C/C=C\C/C=C\CCCCCCCCCCCCCCCC(=O)OCC(COC(=O)CCCCCCCCCCCCC)OC(=O)CCCCCCCCCCCC/C=C\C/C=C\C/C=C\C/C=C\CC. The van der Waals surface area contributed by atoms with Crippen LogP contribution in [0.2, 0.25) is 0 Å². The molecule has 1 atom stereocenters. The van der Waals surface area contributed by atoms with Gasteiger partial charge in [0.1, 0.15) is 13.2 Å². The second-order valence-corrected chi connectivity index (χ2v) is 22.7. The lowest BCUT2D eigenvalue weighted by Gasteiger charge is -2.18. The van der Waals surface area contributed by atoms with E-state index in [4.69, 9.17) is 14.2 Å². The minimum Gasteiger partial charge on any atom is -0.462 e. The molecule has 0 aromatic rings. The van der Waals surface area contributed by atoms with Crippen LogP contribution in [0.1, 0.15) is 329 Å². The van der Waals surface area contributed by atoms with E-state index in [9.17, 15) is 14.4 Å². The number of ether oxygens (including phenoxy) is 3. The fraction of sp³-hybridized carbons (Fsp3) is 0.720. The molecule has 464 valence electrons. The predicted octanol–water partition coefficient (Wildman–Crippen LogP) is 23.8. The summed E-state index contributed by atoms with van der Waals surface area (Å²) >= 11 is 0. The second-order valence-electron chi connectivity index (χ2n) is 22.7. The Labute approximate surface area is 501 Å². The van der Waals surface area contributed by atoms with E-state index in [2.05, 4.69) is 130 Å². The lowest BCUT2D eigenvalue weighted by molar-refractivity contribution is -0.167. The Bertz CT molecular complexity index is 1620. The van der Waals surface area contributed by atoms with Gasteiger partial charge in [0.25, 0.3) is 0 Å². The van der Waals surface area contributed by atoms with Crippen LogP contribution in [0, 0.1) is 0 Å². The average Bonchev–Trinajstić information content (AvgIpc) is 3.47. The van der Waals surface area contributed by atoms with Crippen molar-refractivity contribution in [3.8, 4) is 0 Å². The lowest BCUT2D eigenvalue weighted by atomic mass is 10.0. The molecule has 0 heterocycles. The van der Waals surface area contributed by atoms with E-state index in [1.807, 2.05) is 0 Å². The van der Waals surface area contributed by atoms with Gasteiger partial charge in [0.15, 0.2) is 6.10 Å². The first kappa shape index (κ1) is 77.1. The molecule has 0 amide bonds. The van der Waals surface area contributed by atoms with E-state index in [1.54, 1.807) is 0 Å². The fourth-order valence-electron chi connectivity index (χ4n) is 9.70. The fourth-order valence-corrected chi connectivity index (χ4v) is 9.70. The molecule has 0 aromatic heterocycles. The molecule has 0 saturated carbocycles. The predicted molar refractivity (Wildman–Crippen MR) is 353 cm³/mol. The molecule has 0 aliphatic heterocycles. The van der Waals surface area contributed by atoms with Crippen LogP contribution >= 0.6 is 0 Å². The summed E-state index contributed by atoms with van der Waals surface area (Å²) in [5.41, 5.74) is 0. The maximum atomic E-state index is 12.9. The number of hydrogen-bond acceptors (Lipinski definition) is 6. The molecule has 0 radical (unpaired) electrons. The maximum absolute atomic E-state index is 12.9. The molecule has 6 heteroatoms. The Kier molecular flexibility index (Phi) is 65.2. The maximum Gasteiger partial charge on any atom is 0.306 e. The highest BCUT2D eigenvalue weighted by molar-refractivity contribution is 5.71. The van der Waals surface area contributed by atoms with Gasteiger partial charge in [0.2, 0.25) is 0 Å². The van der Waals surface area contributed by atoms with Crippen LogP contribution in [-0.2, 0) is 28.6 Å². The highest BCUT2D eigenvalue weighted by Gasteiger charge is 2.19. The van der Waals surface area contributed by atoms with E-state index in [0.29, 0.717) is 19.3 Å². The summed E-state index contributed by atoms with van der Waals surface area (Å²) in [5.74, 6) is -0.870. The molecular formula is C75H128O6. The third-order valence-corrected chi connectivity index (χ3v) is 14.8. The van der Waals surface area contributed by atoms with Gasteiger partial charge < -0.3 is 14.2 Å². The lowest BCUT2D eigenvalue weighted by Crippen LogP contribution is -2.30. The minimum atomic E-state index is -0.781. The number of hydrogen-bond donors (Lipinski definition) is 0. The van der Waals surface area contributed by atoms with Crippen molar-refractivity contribution in [3.63, 3.8) is 0 Å². The van der Waals surface area contributed by atoms with Crippen molar-refractivity contribution in [2.75, 3.05) is 13.2 Å². The Morgan fingerprint density at radius 1 is 0.259 bits per heavy atom. The van der Waals surface area contributed by atoms with Crippen LogP contribution < -0.4 is 0 Å². The van der Waals surface area contributed by atoms with Crippen molar-refractivity contribution in [2.24, 2.45) is 0 Å². The molecule has 0 N–H and O–H groups in total. The minimum absolute atomic E-state index is 0.0766. The summed E-state index contributed by atoms with van der Waals surface area (Å²) in [6, 6.07) is 0. The van der Waals surface area contributed by atoms with Crippen molar-refractivity contribution in [3.05, 3.63) is 109 Å². The number of allylic oxidation sites excluding steroid dienone is 18. The first-order chi connectivity index (χ1) is 40.0. The third-order valence-electron chi connectivity index (χ3n) is 14.8. The van der Waals surface area contributed by atoms with Gasteiger partial charge in [-0.15, -0.1) is 0 Å². The largest absolute Gasteiger partial charge is 0.462 e. The summed E-state index contributed by atoms with van der Waals surface area (Å²) in [5, 5.41) is 0. The molecule has 81 heavy (non-hydrogen) atoms. The molecule has 0 saturated heterocycles.